The van der Waals surface area contributed by atoms with Gasteiger partial charge in [-0.3, -0.25) is 9.79 Å². The average molecular weight is 527 g/mol. The van der Waals surface area contributed by atoms with Gasteiger partial charge < -0.3 is 25.7 Å². The van der Waals surface area contributed by atoms with Crippen LogP contribution in [0.4, 0.5) is 5.82 Å². The van der Waals surface area contributed by atoms with Gasteiger partial charge in [-0.2, -0.15) is 0 Å². The van der Waals surface area contributed by atoms with Crippen molar-refractivity contribution >= 4 is 41.7 Å². The topological polar surface area (TPSA) is 122 Å². The first kappa shape index (κ1) is 23.9. The first-order chi connectivity index (χ1) is 14.0. The van der Waals surface area contributed by atoms with Gasteiger partial charge in [0.05, 0.1) is 18.2 Å². The van der Waals surface area contributed by atoms with Crippen LogP contribution < -0.4 is 21.3 Å². The zero-order valence-corrected chi connectivity index (χ0v) is 20.0. The monoisotopic (exact) mass is 527 g/mol. The SMILES string of the molecule is CN=C(NCc1nc(C)c(C)o1)NCc1cccnc1N1CCCC(C(N)=O)C1.I. The van der Waals surface area contributed by atoms with E-state index in [-0.39, 0.29) is 35.8 Å². The first-order valence-electron chi connectivity index (χ1n) is 9.83. The van der Waals surface area contributed by atoms with Crippen LogP contribution in [-0.4, -0.2) is 42.0 Å². The summed E-state index contributed by atoms with van der Waals surface area (Å²) in [6.07, 6.45) is 3.53. The molecule has 0 spiro atoms. The van der Waals surface area contributed by atoms with Crippen LogP contribution in [0.3, 0.4) is 0 Å². The second-order valence-corrected chi connectivity index (χ2v) is 7.20. The van der Waals surface area contributed by atoms with Gasteiger partial charge in [-0.1, -0.05) is 6.07 Å². The van der Waals surface area contributed by atoms with Crippen molar-refractivity contribution in [3.63, 3.8) is 0 Å². The molecular formula is C20H30IN7O2. The summed E-state index contributed by atoms with van der Waals surface area (Å²) in [6.45, 7) is 6.28. The molecule has 4 N–H and O–H groups in total. The predicted molar refractivity (Wildman–Crippen MR) is 127 cm³/mol. The van der Waals surface area contributed by atoms with Gasteiger partial charge >= 0.3 is 0 Å². The molecule has 1 aliphatic rings. The maximum absolute atomic E-state index is 11.6. The smallest absolute Gasteiger partial charge is 0.222 e. The number of aromatic nitrogens is 2. The summed E-state index contributed by atoms with van der Waals surface area (Å²) in [5, 5.41) is 6.51. The van der Waals surface area contributed by atoms with Crippen LogP contribution >= 0.6 is 24.0 Å². The largest absolute Gasteiger partial charge is 0.444 e. The third-order valence-corrected chi connectivity index (χ3v) is 5.14. The minimum Gasteiger partial charge on any atom is -0.444 e. The Morgan fingerprint density at radius 1 is 1.37 bits per heavy atom. The summed E-state index contributed by atoms with van der Waals surface area (Å²) >= 11 is 0. The van der Waals surface area contributed by atoms with E-state index in [2.05, 4.69) is 30.5 Å². The number of piperidine rings is 1. The number of aryl methyl sites for hydroxylation is 2. The van der Waals surface area contributed by atoms with Gasteiger partial charge in [-0.25, -0.2) is 9.97 Å². The Hall–Kier alpha value is -2.37. The van der Waals surface area contributed by atoms with E-state index in [9.17, 15) is 4.79 Å². The van der Waals surface area contributed by atoms with Crippen LogP contribution in [0.25, 0.3) is 0 Å². The van der Waals surface area contributed by atoms with Crippen molar-refractivity contribution in [1.82, 2.24) is 20.6 Å². The predicted octanol–water partition coefficient (Wildman–Crippen LogP) is 1.87. The number of oxazole rings is 1. The van der Waals surface area contributed by atoms with E-state index < -0.39 is 0 Å². The molecule has 9 nitrogen and oxygen atoms in total. The van der Waals surface area contributed by atoms with Crippen molar-refractivity contribution in [1.29, 1.82) is 0 Å². The Kier molecular flexibility index (Phi) is 8.88. The van der Waals surface area contributed by atoms with Crippen LogP contribution in [0.1, 0.15) is 35.7 Å². The van der Waals surface area contributed by atoms with Gasteiger partial charge in [0.1, 0.15) is 11.6 Å². The van der Waals surface area contributed by atoms with Gasteiger partial charge in [-0.15, -0.1) is 24.0 Å². The van der Waals surface area contributed by atoms with Gasteiger partial charge in [0.15, 0.2) is 5.96 Å². The molecule has 0 saturated carbocycles. The molecule has 164 valence electrons. The molecular weight excluding hydrogens is 497 g/mol. The lowest BCUT2D eigenvalue weighted by atomic mass is 9.97. The number of hydrogen-bond acceptors (Lipinski definition) is 6. The number of nitrogens with one attached hydrogen (secondary N) is 2. The number of carbonyl (C=O) groups excluding carboxylic acids is 1. The maximum Gasteiger partial charge on any atom is 0.222 e. The Labute approximate surface area is 193 Å². The Balaban J connectivity index is 0.00000320. The standard InChI is InChI=1S/C20H29N7O2.HI/c1-13-14(2)29-17(26-13)11-25-20(22-3)24-10-15-6-4-8-23-19(15)27-9-5-7-16(12-27)18(21)28;/h4,6,8,16H,5,7,9-12H2,1-3H3,(H2,21,28)(H2,22,24,25);1H. The van der Waals surface area contributed by atoms with Crippen molar-refractivity contribution in [3.05, 3.63) is 41.2 Å². The second-order valence-electron chi connectivity index (χ2n) is 7.20. The molecule has 0 aliphatic carbocycles. The lowest BCUT2D eigenvalue weighted by molar-refractivity contribution is -0.122. The second kappa shape index (κ2) is 11.1. The van der Waals surface area contributed by atoms with E-state index in [4.69, 9.17) is 10.2 Å². The maximum atomic E-state index is 11.6. The molecule has 0 bridgehead atoms. The van der Waals surface area contributed by atoms with E-state index >= 15 is 0 Å². The quantitative estimate of drug-likeness (QED) is 0.298. The van der Waals surface area contributed by atoms with Crippen LogP contribution in [-0.2, 0) is 17.9 Å². The van der Waals surface area contributed by atoms with Crippen LogP contribution in [0.2, 0.25) is 0 Å². The molecule has 1 atom stereocenters. The third kappa shape index (κ3) is 6.07. The van der Waals surface area contributed by atoms with Crippen molar-refractivity contribution in [2.24, 2.45) is 16.6 Å². The molecule has 0 aromatic carbocycles. The van der Waals surface area contributed by atoms with Crippen LogP contribution in [0.5, 0.6) is 0 Å². The molecule has 0 radical (unpaired) electrons. The molecule has 3 rings (SSSR count). The number of amides is 1. The Morgan fingerprint density at radius 2 is 2.13 bits per heavy atom. The summed E-state index contributed by atoms with van der Waals surface area (Å²) < 4.78 is 5.59. The summed E-state index contributed by atoms with van der Waals surface area (Å²) in [6, 6.07) is 3.93. The Bertz CT molecular complexity index is 864. The molecule has 1 fully saturated rings. The molecule has 1 saturated heterocycles. The first-order valence-corrected chi connectivity index (χ1v) is 9.83. The highest BCUT2D eigenvalue weighted by molar-refractivity contribution is 14.0. The highest BCUT2D eigenvalue weighted by Crippen LogP contribution is 2.24. The number of nitrogens with two attached hydrogens (primary N) is 1. The molecule has 2 aromatic rings. The summed E-state index contributed by atoms with van der Waals surface area (Å²) in [5.74, 6) is 2.58. The number of anilines is 1. The van der Waals surface area contributed by atoms with E-state index in [1.54, 1.807) is 13.2 Å². The minimum absolute atomic E-state index is 0. The fraction of sp³-hybridized carbons (Fsp3) is 0.500. The van der Waals surface area contributed by atoms with E-state index in [0.717, 1.165) is 42.2 Å². The normalized spacial score (nSPS) is 16.7. The summed E-state index contributed by atoms with van der Waals surface area (Å²) in [5.41, 5.74) is 7.44. The number of hydrogen-bond donors (Lipinski definition) is 3. The fourth-order valence-electron chi connectivity index (χ4n) is 3.43. The summed E-state index contributed by atoms with van der Waals surface area (Å²) in [4.78, 5) is 26.9. The van der Waals surface area contributed by atoms with E-state index in [0.29, 0.717) is 31.5 Å². The number of guanidine groups is 1. The zero-order chi connectivity index (χ0) is 20.8. The molecule has 10 heteroatoms. The number of pyridine rings is 1. The van der Waals surface area contributed by atoms with Gasteiger partial charge in [0.2, 0.25) is 11.8 Å². The zero-order valence-electron chi connectivity index (χ0n) is 17.6. The number of rotatable bonds is 6. The van der Waals surface area contributed by atoms with Gasteiger partial charge in [-0.05, 0) is 32.8 Å². The Morgan fingerprint density at radius 3 is 2.80 bits per heavy atom. The van der Waals surface area contributed by atoms with Crippen molar-refractivity contribution < 1.29 is 9.21 Å². The lowest BCUT2D eigenvalue weighted by Crippen LogP contribution is -2.42. The minimum atomic E-state index is -0.244. The molecule has 1 aliphatic heterocycles. The van der Waals surface area contributed by atoms with E-state index in [1.807, 2.05) is 26.0 Å². The molecule has 2 aromatic heterocycles. The number of aliphatic imine (C=N–C) groups is 1. The van der Waals surface area contributed by atoms with Gasteiger partial charge in [0, 0.05) is 38.4 Å². The van der Waals surface area contributed by atoms with Crippen molar-refractivity contribution in [3.8, 4) is 0 Å². The van der Waals surface area contributed by atoms with Crippen molar-refractivity contribution in [2.75, 3.05) is 25.0 Å². The fourth-order valence-corrected chi connectivity index (χ4v) is 3.43. The number of primary amides is 1. The van der Waals surface area contributed by atoms with Crippen LogP contribution in [0.15, 0.2) is 27.7 Å². The summed E-state index contributed by atoms with van der Waals surface area (Å²) in [7, 11) is 1.72. The number of nitrogens with zero attached hydrogens (tertiary/aromatic N) is 4. The van der Waals surface area contributed by atoms with E-state index in [1.165, 1.54) is 0 Å². The highest BCUT2D eigenvalue weighted by Gasteiger charge is 2.26. The lowest BCUT2D eigenvalue weighted by Gasteiger charge is -2.33. The molecule has 30 heavy (non-hydrogen) atoms. The molecule has 1 amide bonds. The number of halogens is 1. The molecule has 3 heterocycles. The van der Waals surface area contributed by atoms with Gasteiger partial charge in [0.25, 0.3) is 0 Å². The average Bonchev–Trinajstić information content (AvgIpc) is 3.06. The third-order valence-electron chi connectivity index (χ3n) is 5.14. The number of carbonyl (C=O) groups is 1. The molecule has 1 unspecified atom stereocenters. The van der Waals surface area contributed by atoms with Crippen molar-refractivity contribution in [2.45, 2.75) is 39.8 Å². The highest BCUT2D eigenvalue weighted by atomic mass is 127. The van der Waals surface area contributed by atoms with Crippen LogP contribution in [0, 0.1) is 19.8 Å².